The van der Waals surface area contributed by atoms with Gasteiger partial charge >= 0.3 is 5.97 Å². The first kappa shape index (κ1) is 12.8. The number of aromatic carboxylic acids is 1. The van der Waals surface area contributed by atoms with Crippen molar-refractivity contribution in [1.82, 2.24) is 0 Å². The first-order chi connectivity index (χ1) is 8.01. The predicted molar refractivity (Wildman–Crippen MR) is 62.6 cm³/mol. The third-order valence-electron chi connectivity index (χ3n) is 2.20. The van der Waals surface area contributed by atoms with Crippen LogP contribution < -0.4 is 15.8 Å². The number of ether oxygens (including phenoxy) is 1. The fraction of sp³-hybridized carbons (Fsp3) is 0.273. The van der Waals surface area contributed by atoms with E-state index in [0.29, 0.717) is 12.2 Å². The molecule has 0 saturated heterocycles. The van der Waals surface area contributed by atoms with Gasteiger partial charge in [-0.05, 0) is 19.1 Å². The maximum absolute atomic E-state index is 11.2. The molecule has 0 unspecified atom stereocenters. The molecule has 1 aromatic carbocycles. The molecule has 17 heavy (non-hydrogen) atoms. The fourth-order valence-corrected chi connectivity index (χ4v) is 1.46. The lowest BCUT2D eigenvalue weighted by atomic mass is 10.1. The van der Waals surface area contributed by atoms with Gasteiger partial charge in [-0.25, -0.2) is 4.79 Å². The molecule has 0 aromatic heterocycles. The third kappa shape index (κ3) is 2.66. The van der Waals surface area contributed by atoms with Crippen LogP contribution in [0.1, 0.15) is 27.6 Å². The summed E-state index contributed by atoms with van der Waals surface area (Å²) in [6, 6.07) is 2.66. The van der Waals surface area contributed by atoms with E-state index in [1.165, 1.54) is 19.2 Å². The lowest BCUT2D eigenvalue weighted by Gasteiger charge is -2.12. The van der Waals surface area contributed by atoms with E-state index in [9.17, 15) is 9.59 Å². The lowest BCUT2D eigenvalue weighted by molar-refractivity contribution is 0.0692. The Hall–Kier alpha value is -2.24. The average molecular weight is 238 g/mol. The van der Waals surface area contributed by atoms with E-state index in [2.05, 4.69) is 5.32 Å². The van der Waals surface area contributed by atoms with Gasteiger partial charge in [0, 0.05) is 12.2 Å². The maximum Gasteiger partial charge on any atom is 0.339 e. The topological polar surface area (TPSA) is 102 Å². The highest BCUT2D eigenvalue weighted by Crippen LogP contribution is 2.27. The summed E-state index contributed by atoms with van der Waals surface area (Å²) >= 11 is 0. The molecule has 0 atom stereocenters. The number of methoxy groups -OCH3 is 1. The Labute approximate surface area is 98.4 Å². The number of hydrogen-bond acceptors (Lipinski definition) is 4. The van der Waals surface area contributed by atoms with Crippen molar-refractivity contribution in [2.75, 3.05) is 19.0 Å². The molecule has 1 aromatic rings. The zero-order chi connectivity index (χ0) is 13.0. The minimum absolute atomic E-state index is 0.0200. The maximum atomic E-state index is 11.2. The van der Waals surface area contributed by atoms with Crippen LogP contribution in [0.5, 0.6) is 5.75 Å². The summed E-state index contributed by atoms with van der Waals surface area (Å²) in [4.78, 5) is 22.2. The summed E-state index contributed by atoms with van der Waals surface area (Å²) in [6.07, 6.45) is 0. The van der Waals surface area contributed by atoms with Gasteiger partial charge in [0.25, 0.3) is 5.91 Å². The SMILES string of the molecule is CCNc1cc(C(=O)O)c(OC)cc1C(N)=O. The lowest BCUT2D eigenvalue weighted by Crippen LogP contribution is -2.16. The van der Waals surface area contributed by atoms with Crippen molar-refractivity contribution < 1.29 is 19.4 Å². The fourth-order valence-electron chi connectivity index (χ4n) is 1.46. The second-order valence-corrected chi connectivity index (χ2v) is 3.30. The van der Waals surface area contributed by atoms with Crippen LogP contribution in [0.3, 0.4) is 0 Å². The molecule has 0 spiro atoms. The van der Waals surface area contributed by atoms with Crippen molar-refractivity contribution in [2.45, 2.75) is 6.92 Å². The van der Waals surface area contributed by atoms with Gasteiger partial charge in [-0.3, -0.25) is 4.79 Å². The molecule has 0 aliphatic carbocycles. The minimum Gasteiger partial charge on any atom is -0.496 e. The Morgan fingerprint density at radius 1 is 1.41 bits per heavy atom. The number of nitrogens with two attached hydrogens (primary N) is 1. The number of primary amides is 1. The Balaban J connectivity index is 3.41. The van der Waals surface area contributed by atoms with E-state index in [4.69, 9.17) is 15.6 Å². The molecule has 0 bridgehead atoms. The van der Waals surface area contributed by atoms with Crippen molar-refractivity contribution in [3.63, 3.8) is 0 Å². The summed E-state index contributed by atoms with van der Waals surface area (Å²) in [5.41, 5.74) is 5.78. The Morgan fingerprint density at radius 2 is 2.06 bits per heavy atom. The molecule has 1 amide bonds. The first-order valence-corrected chi connectivity index (χ1v) is 5.00. The number of nitrogens with one attached hydrogen (secondary N) is 1. The summed E-state index contributed by atoms with van der Waals surface area (Å²) in [7, 11) is 1.33. The van der Waals surface area contributed by atoms with Crippen LogP contribution in [0.15, 0.2) is 12.1 Å². The highest BCUT2D eigenvalue weighted by molar-refractivity contribution is 6.02. The van der Waals surface area contributed by atoms with Crippen molar-refractivity contribution in [3.8, 4) is 5.75 Å². The van der Waals surface area contributed by atoms with Crippen LogP contribution in [0.25, 0.3) is 0 Å². The molecule has 6 heteroatoms. The Kier molecular flexibility index (Phi) is 3.92. The number of carboxylic acids is 1. The highest BCUT2D eigenvalue weighted by Gasteiger charge is 2.17. The Bertz CT molecular complexity index is 457. The highest BCUT2D eigenvalue weighted by atomic mass is 16.5. The third-order valence-corrected chi connectivity index (χ3v) is 2.20. The normalized spacial score (nSPS) is 9.76. The number of anilines is 1. The van der Waals surface area contributed by atoms with Crippen molar-refractivity contribution in [2.24, 2.45) is 5.73 Å². The zero-order valence-corrected chi connectivity index (χ0v) is 9.61. The molecule has 0 fully saturated rings. The van der Waals surface area contributed by atoms with Crippen LogP contribution in [-0.4, -0.2) is 30.6 Å². The van der Waals surface area contributed by atoms with E-state index < -0.39 is 11.9 Å². The average Bonchev–Trinajstić information content (AvgIpc) is 2.28. The van der Waals surface area contributed by atoms with Gasteiger partial charge in [0.2, 0.25) is 0 Å². The van der Waals surface area contributed by atoms with Gasteiger partial charge in [0.1, 0.15) is 11.3 Å². The van der Waals surface area contributed by atoms with E-state index in [1.807, 2.05) is 6.92 Å². The van der Waals surface area contributed by atoms with Crippen LogP contribution in [0.2, 0.25) is 0 Å². The van der Waals surface area contributed by atoms with Gasteiger partial charge in [-0.1, -0.05) is 0 Å². The predicted octanol–water partition coefficient (Wildman–Crippen LogP) is 0.924. The van der Waals surface area contributed by atoms with Gasteiger partial charge in [-0.2, -0.15) is 0 Å². The molecule has 4 N–H and O–H groups in total. The quantitative estimate of drug-likeness (QED) is 0.708. The van der Waals surface area contributed by atoms with E-state index in [-0.39, 0.29) is 16.9 Å². The van der Waals surface area contributed by atoms with Crippen LogP contribution >= 0.6 is 0 Å². The molecular weight excluding hydrogens is 224 g/mol. The zero-order valence-electron chi connectivity index (χ0n) is 9.61. The number of hydrogen-bond donors (Lipinski definition) is 3. The minimum atomic E-state index is -1.13. The first-order valence-electron chi connectivity index (χ1n) is 5.00. The van der Waals surface area contributed by atoms with E-state index >= 15 is 0 Å². The second-order valence-electron chi connectivity index (χ2n) is 3.30. The second kappa shape index (κ2) is 5.20. The van der Waals surface area contributed by atoms with Gasteiger partial charge < -0.3 is 20.9 Å². The molecule has 6 nitrogen and oxygen atoms in total. The summed E-state index contributed by atoms with van der Waals surface area (Å²) in [6.45, 7) is 2.38. The molecule has 0 aliphatic rings. The van der Waals surface area contributed by atoms with Gasteiger partial charge in [0.05, 0.1) is 12.7 Å². The molecule has 0 radical (unpaired) electrons. The van der Waals surface area contributed by atoms with Crippen molar-refractivity contribution >= 4 is 17.6 Å². The summed E-state index contributed by atoms with van der Waals surface area (Å²) < 4.78 is 4.91. The number of carboxylic acid groups (broad SMARTS) is 1. The van der Waals surface area contributed by atoms with Gasteiger partial charge in [-0.15, -0.1) is 0 Å². The van der Waals surface area contributed by atoms with E-state index in [0.717, 1.165) is 0 Å². The molecule has 1 rings (SSSR count). The Morgan fingerprint density at radius 3 is 2.47 bits per heavy atom. The molecule has 0 saturated carbocycles. The number of rotatable bonds is 5. The van der Waals surface area contributed by atoms with Gasteiger partial charge in [0.15, 0.2) is 0 Å². The molecule has 0 aliphatic heterocycles. The summed E-state index contributed by atoms with van der Waals surface area (Å²) in [5.74, 6) is -1.67. The number of carbonyl (C=O) groups excluding carboxylic acids is 1. The smallest absolute Gasteiger partial charge is 0.339 e. The monoisotopic (exact) mass is 238 g/mol. The standard InChI is InChI=1S/C11H14N2O4/c1-3-13-8-4-7(11(15)16)9(17-2)5-6(8)10(12)14/h4-5,13H,3H2,1-2H3,(H2,12,14)(H,15,16). The van der Waals surface area contributed by atoms with E-state index in [1.54, 1.807) is 0 Å². The van der Waals surface area contributed by atoms with Crippen LogP contribution in [-0.2, 0) is 0 Å². The molecule has 92 valence electrons. The van der Waals surface area contributed by atoms with Crippen LogP contribution in [0.4, 0.5) is 5.69 Å². The largest absolute Gasteiger partial charge is 0.496 e. The molecule has 0 heterocycles. The number of amides is 1. The van der Waals surface area contributed by atoms with Crippen molar-refractivity contribution in [3.05, 3.63) is 23.3 Å². The van der Waals surface area contributed by atoms with Crippen LogP contribution in [0, 0.1) is 0 Å². The summed E-state index contributed by atoms with van der Waals surface area (Å²) in [5, 5.41) is 11.9. The van der Waals surface area contributed by atoms with Crippen molar-refractivity contribution in [1.29, 1.82) is 0 Å². The number of carbonyl (C=O) groups is 2. The number of benzene rings is 1. The molecular formula is C11H14N2O4.